The van der Waals surface area contributed by atoms with E-state index in [0.717, 1.165) is 6.42 Å². The van der Waals surface area contributed by atoms with Crippen LogP contribution in [0.4, 0.5) is 0 Å². The fourth-order valence-corrected chi connectivity index (χ4v) is 2.79. The number of nitrogens with one attached hydrogen (secondary N) is 1. The standard InChI is InChI=1S/C14H29N3/c1-5-14(4,13(16-15)11-12(2)3)17-9-7-6-8-10-17/h11,13,16H,5-10,15H2,1-4H3. The van der Waals surface area contributed by atoms with Gasteiger partial charge in [-0.3, -0.25) is 16.2 Å². The van der Waals surface area contributed by atoms with Gasteiger partial charge in [0, 0.05) is 5.54 Å². The minimum atomic E-state index is 0.131. The molecule has 1 aliphatic heterocycles. The lowest BCUT2D eigenvalue weighted by molar-refractivity contribution is 0.0563. The summed E-state index contributed by atoms with van der Waals surface area (Å²) >= 11 is 0. The summed E-state index contributed by atoms with van der Waals surface area (Å²) < 4.78 is 0. The molecule has 0 amide bonds. The van der Waals surface area contributed by atoms with Crippen molar-refractivity contribution < 1.29 is 0 Å². The Hall–Kier alpha value is -0.380. The summed E-state index contributed by atoms with van der Waals surface area (Å²) in [5.41, 5.74) is 4.46. The third-order valence-electron chi connectivity index (χ3n) is 4.14. The van der Waals surface area contributed by atoms with Gasteiger partial charge in [-0.05, 0) is 53.1 Å². The van der Waals surface area contributed by atoms with E-state index in [-0.39, 0.29) is 11.6 Å². The first-order valence-electron chi connectivity index (χ1n) is 6.90. The maximum Gasteiger partial charge on any atom is 0.0574 e. The van der Waals surface area contributed by atoms with Gasteiger partial charge in [0.25, 0.3) is 0 Å². The van der Waals surface area contributed by atoms with E-state index in [1.165, 1.54) is 37.9 Å². The molecule has 0 aromatic heterocycles. The molecule has 3 nitrogen and oxygen atoms in total. The first kappa shape index (κ1) is 14.7. The lowest BCUT2D eigenvalue weighted by Gasteiger charge is -2.47. The molecule has 1 rings (SSSR count). The molecule has 100 valence electrons. The monoisotopic (exact) mass is 239 g/mol. The second-order valence-electron chi connectivity index (χ2n) is 5.65. The highest BCUT2D eigenvalue weighted by atomic mass is 15.3. The van der Waals surface area contributed by atoms with Gasteiger partial charge in [0.1, 0.15) is 0 Å². The van der Waals surface area contributed by atoms with Crippen LogP contribution in [0, 0.1) is 0 Å². The third-order valence-corrected chi connectivity index (χ3v) is 4.14. The molecule has 2 unspecified atom stereocenters. The first-order valence-corrected chi connectivity index (χ1v) is 6.90. The molecule has 1 heterocycles. The van der Waals surface area contributed by atoms with Crippen LogP contribution in [-0.4, -0.2) is 29.6 Å². The number of nitrogens with two attached hydrogens (primary N) is 1. The number of allylic oxidation sites excluding steroid dienone is 1. The summed E-state index contributed by atoms with van der Waals surface area (Å²) in [5.74, 6) is 5.77. The van der Waals surface area contributed by atoms with Crippen LogP contribution in [0.2, 0.25) is 0 Å². The molecule has 0 aromatic carbocycles. The van der Waals surface area contributed by atoms with Crippen molar-refractivity contribution in [2.45, 2.75) is 65.0 Å². The molecule has 1 fully saturated rings. The molecule has 0 saturated carbocycles. The Morgan fingerprint density at radius 2 is 1.94 bits per heavy atom. The van der Waals surface area contributed by atoms with Gasteiger partial charge in [-0.1, -0.05) is 25.0 Å². The van der Waals surface area contributed by atoms with Crippen molar-refractivity contribution in [3.05, 3.63) is 11.6 Å². The van der Waals surface area contributed by atoms with Crippen LogP contribution in [0.3, 0.4) is 0 Å². The van der Waals surface area contributed by atoms with Crippen LogP contribution >= 0.6 is 0 Å². The average molecular weight is 239 g/mol. The van der Waals surface area contributed by atoms with Gasteiger partial charge in [-0.15, -0.1) is 0 Å². The van der Waals surface area contributed by atoms with Gasteiger partial charge in [0.15, 0.2) is 0 Å². The quantitative estimate of drug-likeness (QED) is 0.440. The minimum Gasteiger partial charge on any atom is -0.296 e. The van der Waals surface area contributed by atoms with E-state index in [2.05, 4.69) is 44.1 Å². The van der Waals surface area contributed by atoms with E-state index in [4.69, 9.17) is 5.84 Å². The fraction of sp³-hybridized carbons (Fsp3) is 0.857. The van der Waals surface area contributed by atoms with E-state index in [1.54, 1.807) is 0 Å². The molecule has 17 heavy (non-hydrogen) atoms. The highest BCUT2D eigenvalue weighted by Gasteiger charge is 2.37. The maximum atomic E-state index is 5.77. The number of hydrogen-bond donors (Lipinski definition) is 2. The van der Waals surface area contributed by atoms with Crippen molar-refractivity contribution in [3.8, 4) is 0 Å². The topological polar surface area (TPSA) is 41.3 Å². The highest BCUT2D eigenvalue weighted by Crippen LogP contribution is 2.28. The van der Waals surface area contributed by atoms with Gasteiger partial charge in [-0.25, -0.2) is 0 Å². The minimum absolute atomic E-state index is 0.131. The van der Waals surface area contributed by atoms with Crippen molar-refractivity contribution in [2.75, 3.05) is 13.1 Å². The van der Waals surface area contributed by atoms with E-state index in [1.807, 2.05) is 0 Å². The van der Waals surface area contributed by atoms with Crippen molar-refractivity contribution >= 4 is 0 Å². The van der Waals surface area contributed by atoms with Crippen molar-refractivity contribution in [3.63, 3.8) is 0 Å². The highest BCUT2D eigenvalue weighted by molar-refractivity contribution is 5.10. The molecule has 0 aliphatic carbocycles. The molecule has 3 heteroatoms. The Labute approximate surface area is 106 Å². The summed E-state index contributed by atoms with van der Waals surface area (Å²) in [4.78, 5) is 2.61. The van der Waals surface area contributed by atoms with Gasteiger partial charge in [-0.2, -0.15) is 0 Å². The second kappa shape index (κ2) is 6.53. The summed E-state index contributed by atoms with van der Waals surface area (Å²) in [7, 11) is 0. The van der Waals surface area contributed by atoms with Crippen LogP contribution in [0.5, 0.6) is 0 Å². The molecule has 1 saturated heterocycles. The van der Waals surface area contributed by atoms with Crippen molar-refractivity contribution in [1.82, 2.24) is 10.3 Å². The number of likely N-dealkylation sites (tertiary alicyclic amines) is 1. The Balaban J connectivity index is 2.86. The number of piperidine rings is 1. The zero-order chi connectivity index (χ0) is 12.9. The number of hydrazine groups is 1. The molecule has 0 bridgehead atoms. The number of rotatable bonds is 5. The summed E-state index contributed by atoms with van der Waals surface area (Å²) in [6.07, 6.45) is 7.40. The van der Waals surface area contributed by atoms with Crippen LogP contribution in [0.1, 0.15) is 53.4 Å². The Bertz CT molecular complexity index is 252. The van der Waals surface area contributed by atoms with E-state index in [9.17, 15) is 0 Å². The van der Waals surface area contributed by atoms with Crippen LogP contribution < -0.4 is 11.3 Å². The smallest absolute Gasteiger partial charge is 0.0574 e. The normalized spacial score (nSPS) is 22.9. The molecular formula is C14H29N3. The molecule has 0 aromatic rings. The Morgan fingerprint density at radius 1 is 1.35 bits per heavy atom. The molecule has 0 radical (unpaired) electrons. The molecule has 3 N–H and O–H groups in total. The van der Waals surface area contributed by atoms with Crippen LogP contribution in [0.15, 0.2) is 11.6 Å². The summed E-state index contributed by atoms with van der Waals surface area (Å²) in [6.45, 7) is 11.3. The summed E-state index contributed by atoms with van der Waals surface area (Å²) in [6, 6.07) is 0.232. The summed E-state index contributed by atoms with van der Waals surface area (Å²) in [5, 5.41) is 0. The number of hydrogen-bond acceptors (Lipinski definition) is 3. The predicted octanol–water partition coefficient (Wildman–Crippen LogP) is 2.44. The lowest BCUT2D eigenvalue weighted by atomic mass is 9.85. The maximum absolute atomic E-state index is 5.77. The largest absolute Gasteiger partial charge is 0.296 e. The molecular weight excluding hydrogens is 210 g/mol. The van der Waals surface area contributed by atoms with Gasteiger partial charge >= 0.3 is 0 Å². The van der Waals surface area contributed by atoms with Crippen molar-refractivity contribution in [1.29, 1.82) is 0 Å². The SMILES string of the molecule is CCC(C)(C(C=C(C)C)NN)N1CCCCC1. The zero-order valence-corrected chi connectivity index (χ0v) is 11.9. The predicted molar refractivity (Wildman–Crippen MR) is 74.7 cm³/mol. The average Bonchev–Trinajstić information content (AvgIpc) is 2.35. The molecule has 1 aliphatic rings. The van der Waals surface area contributed by atoms with E-state index >= 15 is 0 Å². The van der Waals surface area contributed by atoms with Gasteiger partial charge in [0.2, 0.25) is 0 Å². The fourth-order valence-electron chi connectivity index (χ4n) is 2.79. The third kappa shape index (κ3) is 3.54. The van der Waals surface area contributed by atoms with Gasteiger partial charge < -0.3 is 0 Å². The zero-order valence-electron chi connectivity index (χ0n) is 11.9. The molecule has 0 spiro atoms. The van der Waals surface area contributed by atoms with Crippen LogP contribution in [0.25, 0.3) is 0 Å². The lowest BCUT2D eigenvalue weighted by Crippen LogP contribution is -2.61. The molecule has 2 atom stereocenters. The second-order valence-corrected chi connectivity index (χ2v) is 5.65. The van der Waals surface area contributed by atoms with Gasteiger partial charge in [0.05, 0.1) is 6.04 Å². The Morgan fingerprint density at radius 3 is 2.35 bits per heavy atom. The van der Waals surface area contributed by atoms with Crippen LogP contribution in [-0.2, 0) is 0 Å². The Kier molecular flexibility index (Phi) is 5.63. The van der Waals surface area contributed by atoms with E-state index in [0.29, 0.717) is 0 Å². The van der Waals surface area contributed by atoms with Crippen molar-refractivity contribution in [2.24, 2.45) is 5.84 Å². The van der Waals surface area contributed by atoms with E-state index < -0.39 is 0 Å². The first-order chi connectivity index (χ1) is 8.04. The number of nitrogens with zero attached hydrogens (tertiary/aromatic N) is 1.